The van der Waals surface area contributed by atoms with E-state index in [4.69, 9.17) is 4.94 Å². The Hall–Kier alpha value is -2.96. The van der Waals surface area contributed by atoms with E-state index in [-0.39, 0.29) is 0 Å². The molecule has 0 saturated heterocycles. The maximum absolute atomic E-state index is 5.57. The lowest BCUT2D eigenvalue weighted by atomic mass is 10.3. The Morgan fingerprint density at radius 3 is 1.68 bits per heavy atom. The standard InChI is InChI=1S/C12H8N6O/c1-3-7-11-9(5-1)13-15-17(11)19-18-12-8-4-2-6-10(12)14-16-18/h1-8H. The summed E-state index contributed by atoms with van der Waals surface area (Å²) in [6, 6.07) is 15.0. The number of fused-ring (bicyclic) bond motifs is 2. The van der Waals surface area contributed by atoms with Crippen LogP contribution in [0, 0.1) is 0 Å². The highest BCUT2D eigenvalue weighted by Crippen LogP contribution is 2.11. The molecule has 0 saturated carbocycles. The van der Waals surface area contributed by atoms with E-state index in [9.17, 15) is 0 Å². The Balaban J connectivity index is 1.82. The maximum atomic E-state index is 5.57. The first-order valence-corrected chi connectivity index (χ1v) is 5.71. The molecular formula is C12H8N6O. The molecule has 0 amide bonds. The first-order valence-electron chi connectivity index (χ1n) is 5.71. The summed E-state index contributed by atoms with van der Waals surface area (Å²) in [4.78, 5) is 8.20. The van der Waals surface area contributed by atoms with Gasteiger partial charge in [0.1, 0.15) is 22.1 Å². The zero-order valence-electron chi connectivity index (χ0n) is 9.71. The number of rotatable bonds is 2. The van der Waals surface area contributed by atoms with Gasteiger partial charge in [0.15, 0.2) is 0 Å². The fraction of sp³-hybridized carbons (Fsp3) is 0. The smallest absolute Gasteiger partial charge is 0.134 e. The van der Waals surface area contributed by atoms with Gasteiger partial charge in [-0.25, -0.2) is 4.94 Å². The fourth-order valence-corrected chi connectivity index (χ4v) is 1.89. The zero-order chi connectivity index (χ0) is 12.7. The van der Waals surface area contributed by atoms with Crippen molar-refractivity contribution in [2.45, 2.75) is 0 Å². The molecule has 7 nitrogen and oxygen atoms in total. The lowest BCUT2D eigenvalue weighted by Crippen LogP contribution is -2.20. The quantitative estimate of drug-likeness (QED) is 0.533. The predicted octanol–water partition coefficient (Wildman–Crippen LogP) is 1.07. The molecule has 2 aromatic carbocycles. The van der Waals surface area contributed by atoms with Crippen molar-refractivity contribution in [2.24, 2.45) is 0 Å². The molecule has 0 aliphatic heterocycles. The van der Waals surface area contributed by atoms with Crippen molar-refractivity contribution >= 4 is 22.1 Å². The normalized spacial score (nSPS) is 11.2. The highest BCUT2D eigenvalue weighted by Gasteiger charge is 2.08. The average Bonchev–Trinajstić information content (AvgIpc) is 3.05. The number of benzene rings is 2. The molecule has 7 heteroatoms. The lowest BCUT2D eigenvalue weighted by Gasteiger charge is -2.02. The van der Waals surface area contributed by atoms with Crippen LogP contribution in [-0.4, -0.2) is 30.3 Å². The van der Waals surface area contributed by atoms with E-state index >= 15 is 0 Å². The Kier molecular flexibility index (Phi) is 1.99. The molecule has 92 valence electrons. The molecule has 0 radical (unpaired) electrons. The second-order valence-corrected chi connectivity index (χ2v) is 3.98. The molecule has 4 aromatic rings. The van der Waals surface area contributed by atoms with E-state index in [1.165, 1.54) is 9.69 Å². The Morgan fingerprint density at radius 1 is 0.684 bits per heavy atom. The molecular weight excluding hydrogens is 244 g/mol. The average molecular weight is 252 g/mol. The first kappa shape index (κ1) is 10.0. The summed E-state index contributed by atoms with van der Waals surface area (Å²) >= 11 is 0. The van der Waals surface area contributed by atoms with Crippen LogP contribution in [0.2, 0.25) is 0 Å². The third-order valence-corrected chi connectivity index (χ3v) is 2.80. The molecule has 0 fully saturated rings. The number of para-hydroxylation sites is 2. The number of nitrogens with zero attached hydrogens (tertiary/aromatic N) is 6. The van der Waals surface area contributed by atoms with Crippen LogP contribution in [0.15, 0.2) is 48.5 Å². The monoisotopic (exact) mass is 252 g/mol. The summed E-state index contributed by atoms with van der Waals surface area (Å²) in [7, 11) is 0. The zero-order valence-corrected chi connectivity index (χ0v) is 9.71. The van der Waals surface area contributed by atoms with E-state index in [0.717, 1.165) is 22.1 Å². The van der Waals surface area contributed by atoms with E-state index in [2.05, 4.69) is 20.6 Å². The van der Waals surface area contributed by atoms with Crippen LogP contribution in [0.3, 0.4) is 0 Å². The molecule has 0 atom stereocenters. The van der Waals surface area contributed by atoms with Gasteiger partial charge in [-0.1, -0.05) is 24.3 Å². The molecule has 0 aliphatic carbocycles. The van der Waals surface area contributed by atoms with Gasteiger partial charge in [0.25, 0.3) is 0 Å². The van der Waals surface area contributed by atoms with Crippen molar-refractivity contribution in [2.75, 3.05) is 0 Å². The van der Waals surface area contributed by atoms with Gasteiger partial charge in [-0.05, 0) is 44.4 Å². The van der Waals surface area contributed by atoms with Crippen molar-refractivity contribution < 1.29 is 4.94 Å². The second-order valence-electron chi connectivity index (χ2n) is 3.98. The minimum absolute atomic E-state index is 0.756. The van der Waals surface area contributed by atoms with Gasteiger partial charge >= 0.3 is 0 Å². The van der Waals surface area contributed by atoms with Crippen LogP contribution in [0.5, 0.6) is 0 Å². The molecule has 4 rings (SSSR count). The van der Waals surface area contributed by atoms with Crippen molar-refractivity contribution in [1.29, 1.82) is 0 Å². The molecule has 0 unspecified atom stereocenters. The van der Waals surface area contributed by atoms with Crippen LogP contribution in [0.25, 0.3) is 22.1 Å². The minimum atomic E-state index is 0.756. The van der Waals surface area contributed by atoms with Gasteiger partial charge in [-0.3, -0.25) is 0 Å². The van der Waals surface area contributed by atoms with Gasteiger partial charge in [-0.2, -0.15) is 0 Å². The largest absolute Gasteiger partial charge is 0.243 e. The first-order chi connectivity index (χ1) is 9.42. The Labute approximate surface area is 106 Å². The third-order valence-electron chi connectivity index (χ3n) is 2.80. The van der Waals surface area contributed by atoms with E-state index in [1.807, 2.05) is 48.5 Å². The summed E-state index contributed by atoms with van der Waals surface area (Å²) in [6.45, 7) is 0. The van der Waals surface area contributed by atoms with Crippen LogP contribution >= 0.6 is 0 Å². The van der Waals surface area contributed by atoms with Crippen LogP contribution in [0.1, 0.15) is 0 Å². The van der Waals surface area contributed by atoms with Gasteiger partial charge in [-0.15, -0.1) is 10.2 Å². The molecule has 19 heavy (non-hydrogen) atoms. The minimum Gasteiger partial charge on any atom is -0.243 e. The summed E-state index contributed by atoms with van der Waals surface area (Å²) in [5.41, 5.74) is 3.04. The maximum Gasteiger partial charge on any atom is 0.134 e. The number of hydrogen-bond acceptors (Lipinski definition) is 5. The van der Waals surface area contributed by atoms with Crippen LogP contribution in [-0.2, 0) is 0 Å². The molecule has 0 spiro atoms. The Bertz CT molecular complexity index is 793. The Morgan fingerprint density at radius 2 is 1.16 bits per heavy atom. The predicted molar refractivity (Wildman–Crippen MR) is 67.0 cm³/mol. The van der Waals surface area contributed by atoms with Gasteiger partial charge in [0.2, 0.25) is 0 Å². The van der Waals surface area contributed by atoms with Crippen LogP contribution in [0.4, 0.5) is 0 Å². The lowest BCUT2D eigenvalue weighted by molar-refractivity contribution is -0.000137. The van der Waals surface area contributed by atoms with Crippen molar-refractivity contribution in [3.63, 3.8) is 0 Å². The molecule has 0 N–H and O–H groups in total. The van der Waals surface area contributed by atoms with E-state index in [0.29, 0.717) is 0 Å². The number of hydrogen-bond donors (Lipinski definition) is 0. The van der Waals surface area contributed by atoms with Crippen molar-refractivity contribution in [1.82, 2.24) is 30.3 Å². The third kappa shape index (κ3) is 1.52. The fourth-order valence-electron chi connectivity index (χ4n) is 1.89. The topological polar surface area (TPSA) is 70.7 Å². The summed E-state index contributed by atoms with van der Waals surface area (Å²) in [6.07, 6.45) is 0. The second kappa shape index (κ2) is 3.77. The highest BCUT2D eigenvalue weighted by atomic mass is 16.8. The van der Waals surface area contributed by atoms with Gasteiger partial charge in [0, 0.05) is 0 Å². The molecule has 2 heterocycles. The van der Waals surface area contributed by atoms with E-state index < -0.39 is 0 Å². The van der Waals surface area contributed by atoms with Gasteiger partial charge in [0.05, 0.1) is 0 Å². The molecule has 0 bridgehead atoms. The molecule has 0 aliphatic rings. The highest BCUT2D eigenvalue weighted by molar-refractivity contribution is 5.74. The van der Waals surface area contributed by atoms with Crippen molar-refractivity contribution in [3.05, 3.63) is 48.5 Å². The van der Waals surface area contributed by atoms with Crippen LogP contribution < -0.4 is 4.94 Å². The van der Waals surface area contributed by atoms with Crippen molar-refractivity contribution in [3.8, 4) is 0 Å². The molecule has 2 aromatic heterocycles. The summed E-state index contributed by atoms with van der Waals surface area (Å²) < 4.78 is 0. The number of aromatic nitrogens is 6. The van der Waals surface area contributed by atoms with E-state index in [1.54, 1.807) is 0 Å². The SMILES string of the molecule is c1ccc2c(c1)nnn2On1nnc2ccccc21. The van der Waals surface area contributed by atoms with Gasteiger partial charge < -0.3 is 0 Å². The summed E-state index contributed by atoms with van der Waals surface area (Å²) in [5.74, 6) is 0. The summed E-state index contributed by atoms with van der Waals surface area (Å²) in [5, 5.41) is 15.9.